The molecule has 0 heterocycles. The van der Waals surface area contributed by atoms with E-state index in [4.69, 9.17) is 22.4 Å². The first-order valence-corrected chi connectivity index (χ1v) is 4.06. The molecule has 13 heavy (non-hydrogen) atoms. The maximum atomic E-state index is 10.7. The molecule has 0 spiro atoms. The molecule has 0 aliphatic carbocycles. The van der Waals surface area contributed by atoms with Gasteiger partial charge < -0.3 is 20.9 Å². The molecule has 1 atom stereocenters. The summed E-state index contributed by atoms with van der Waals surface area (Å²) < 4.78 is 4.45. The van der Waals surface area contributed by atoms with E-state index in [0.29, 0.717) is 0 Å². The summed E-state index contributed by atoms with van der Waals surface area (Å²) in [6.45, 7) is -0.0911. The lowest BCUT2D eigenvalue weighted by Gasteiger charge is -2.07. The van der Waals surface area contributed by atoms with Gasteiger partial charge in [0.2, 0.25) is 0 Å². The minimum atomic E-state index is -1.22. The van der Waals surface area contributed by atoms with E-state index in [0.717, 1.165) is 0 Å². The van der Waals surface area contributed by atoms with Crippen LogP contribution in [0.15, 0.2) is 0 Å². The van der Waals surface area contributed by atoms with Gasteiger partial charge in [0, 0.05) is 12.4 Å². The van der Waals surface area contributed by atoms with Gasteiger partial charge in [-0.15, -0.1) is 11.6 Å². The molecule has 1 amide bonds. The molecule has 0 aromatic rings. The quantitative estimate of drug-likeness (QED) is 0.524. The fraction of sp³-hybridized carbons (Fsp3) is 0.667. The molecule has 0 saturated carbocycles. The molecular weight excluding hydrogens is 200 g/mol. The first kappa shape index (κ1) is 12.0. The van der Waals surface area contributed by atoms with Crippen LogP contribution in [0.5, 0.6) is 0 Å². The van der Waals surface area contributed by atoms with Gasteiger partial charge in [0.25, 0.3) is 0 Å². The Labute approximate surface area is 80.0 Å². The summed E-state index contributed by atoms with van der Waals surface area (Å²) in [5.41, 5.74) is 5.06. The Morgan fingerprint density at radius 3 is 2.69 bits per heavy atom. The number of alkyl halides is 1. The van der Waals surface area contributed by atoms with Crippen molar-refractivity contribution in [2.45, 2.75) is 6.04 Å². The second-order valence-electron chi connectivity index (χ2n) is 2.16. The lowest BCUT2D eigenvalue weighted by atomic mass is 10.3. The van der Waals surface area contributed by atoms with Gasteiger partial charge in [-0.2, -0.15) is 0 Å². The smallest absolute Gasteiger partial charge is 0.407 e. The first-order valence-electron chi connectivity index (χ1n) is 3.53. The number of carboxylic acids is 1. The van der Waals surface area contributed by atoms with Crippen molar-refractivity contribution < 1.29 is 19.4 Å². The first-order chi connectivity index (χ1) is 6.07. The van der Waals surface area contributed by atoms with Gasteiger partial charge >= 0.3 is 12.1 Å². The Morgan fingerprint density at radius 2 is 2.23 bits per heavy atom. The van der Waals surface area contributed by atoms with Gasteiger partial charge in [0.1, 0.15) is 12.6 Å². The Bertz CT molecular complexity index is 187. The summed E-state index contributed by atoms with van der Waals surface area (Å²) >= 11 is 5.27. The third-order valence-electron chi connectivity index (χ3n) is 1.08. The predicted octanol–water partition coefficient (Wildman–Crippen LogP) is -0.637. The zero-order valence-electron chi connectivity index (χ0n) is 6.83. The molecule has 6 nitrogen and oxygen atoms in total. The van der Waals surface area contributed by atoms with Gasteiger partial charge in [0.15, 0.2) is 0 Å². The van der Waals surface area contributed by atoms with E-state index < -0.39 is 18.1 Å². The third-order valence-corrected chi connectivity index (χ3v) is 1.26. The number of hydrogen-bond acceptors (Lipinski definition) is 4. The minimum absolute atomic E-state index is 0.264. The highest BCUT2D eigenvalue weighted by Gasteiger charge is 2.13. The van der Waals surface area contributed by atoms with Gasteiger partial charge in [-0.1, -0.05) is 0 Å². The number of aliphatic carboxylic acids is 1. The van der Waals surface area contributed by atoms with Crippen LogP contribution >= 0.6 is 11.6 Å². The summed E-state index contributed by atoms with van der Waals surface area (Å²) in [7, 11) is 0. The van der Waals surface area contributed by atoms with Crippen LogP contribution in [0.2, 0.25) is 0 Å². The van der Waals surface area contributed by atoms with E-state index in [1.54, 1.807) is 0 Å². The Kier molecular flexibility index (Phi) is 5.99. The molecule has 0 radical (unpaired) electrons. The zero-order valence-corrected chi connectivity index (χ0v) is 7.58. The van der Waals surface area contributed by atoms with Crippen molar-refractivity contribution in [2.24, 2.45) is 5.73 Å². The van der Waals surface area contributed by atoms with Crippen molar-refractivity contribution in [3.05, 3.63) is 0 Å². The number of nitrogens with two attached hydrogens (primary N) is 1. The van der Waals surface area contributed by atoms with Crippen LogP contribution in [0.4, 0.5) is 4.79 Å². The fourth-order valence-corrected chi connectivity index (χ4v) is 0.532. The number of carboxylic acid groups (broad SMARTS) is 1. The number of ether oxygens (including phenoxy) is 1. The largest absolute Gasteiger partial charge is 0.480 e. The minimum Gasteiger partial charge on any atom is -0.480 e. The number of rotatable bonds is 5. The summed E-state index contributed by atoms with van der Waals surface area (Å²) in [4.78, 5) is 20.9. The standard InChI is InChI=1S/C6H11ClN2O4/c7-1-2-9-6(12)13-3-4(8)5(10)11/h4H,1-3,8H2,(H,9,12)(H,10,11)/t4-/m1/s1. The molecular formula is C6H11ClN2O4. The van der Waals surface area contributed by atoms with E-state index in [1.165, 1.54) is 0 Å². The SMILES string of the molecule is N[C@H](COC(=O)NCCCl)C(=O)O. The van der Waals surface area contributed by atoms with Crippen LogP contribution in [-0.4, -0.2) is 42.2 Å². The van der Waals surface area contributed by atoms with E-state index in [1.807, 2.05) is 0 Å². The number of alkyl carbamates (subject to hydrolysis) is 1. The van der Waals surface area contributed by atoms with Gasteiger partial charge in [-0.05, 0) is 0 Å². The second-order valence-corrected chi connectivity index (χ2v) is 2.54. The van der Waals surface area contributed by atoms with E-state index in [-0.39, 0.29) is 19.0 Å². The number of amides is 1. The Hall–Kier alpha value is -1.01. The molecule has 0 aromatic carbocycles. The summed E-state index contributed by atoms with van der Waals surface area (Å²) in [6, 6.07) is -1.19. The van der Waals surface area contributed by atoms with E-state index in [2.05, 4.69) is 10.1 Å². The van der Waals surface area contributed by atoms with Crippen molar-refractivity contribution >= 4 is 23.7 Å². The molecule has 0 unspecified atom stereocenters. The number of carbonyl (C=O) groups is 2. The molecule has 0 fully saturated rings. The van der Waals surface area contributed by atoms with Crippen molar-refractivity contribution in [1.82, 2.24) is 5.32 Å². The molecule has 0 saturated heterocycles. The van der Waals surface area contributed by atoms with E-state index >= 15 is 0 Å². The van der Waals surface area contributed by atoms with Crippen molar-refractivity contribution in [3.63, 3.8) is 0 Å². The second kappa shape index (κ2) is 6.50. The van der Waals surface area contributed by atoms with Crippen LogP contribution in [0, 0.1) is 0 Å². The molecule has 7 heteroatoms. The maximum absolute atomic E-state index is 10.7. The van der Waals surface area contributed by atoms with Crippen LogP contribution in [0.25, 0.3) is 0 Å². The highest BCUT2D eigenvalue weighted by Crippen LogP contribution is 1.83. The van der Waals surface area contributed by atoms with E-state index in [9.17, 15) is 9.59 Å². The Morgan fingerprint density at radius 1 is 1.62 bits per heavy atom. The van der Waals surface area contributed by atoms with Crippen LogP contribution in [0.1, 0.15) is 0 Å². The summed E-state index contributed by atoms with van der Waals surface area (Å²) in [5, 5.41) is 10.6. The highest BCUT2D eigenvalue weighted by atomic mass is 35.5. The van der Waals surface area contributed by atoms with Gasteiger partial charge in [0.05, 0.1) is 0 Å². The predicted molar refractivity (Wildman–Crippen MR) is 45.7 cm³/mol. The molecule has 4 N–H and O–H groups in total. The monoisotopic (exact) mass is 210 g/mol. The topological polar surface area (TPSA) is 102 Å². The number of carbonyl (C=O) groups excluding carboxylic acids is 1. The normalized spacial score (nSPS) is 11.8. The molecule has 76 valence electrons. The molecule has 0 rings (SSSR count). The van der Waals surface area contributed by atoms with Crippen LogP contribution < -0.4 is 11.1 Å². The van der Waals surface area contributed by atoms with Gasteiger partial charge in [-0.25, -0.2) is 4.79 Å². The van der Waals surface area contributed by atoms with Crippen LogP contribution in [-0.2, 0) is 9.53 Å². The van der Waals surface area contributed by atoms with Crippen LogP contribution in [0.3, 0.4) is 0 Å². The summed E-state index contributed by atoms with van der Waals surface area (Å²) in [5.74, 6) is -0.953. The van der Waals surface area contributed by atoms with Crippen molar-refractivity contribution in [3.8, 4) is 0 Å². The molecule has 0 bridgehead atoms. The fourth-order valence-electron chi connectivity index (χ4n) is 0.437. The number of hydrogen-bond donors (Lipinski definition) is 3. The summed E-state index contributed by atoms with van der Waals surface area (Å²) in [6.07, 6.45) is -0.725. The third kappa shape index (κ3) is 6.18. The number of nitrogens with one attached hydrogen (secondary N) is 1. The lowest BCUT2D eigenvalue weighted by molar-refractivity contribution is -0.139. The van der Waals surface area contributed by atoms with Crippen molar-refractivity contribution in [1.29, 1.82) is 0 Å². The maximum Gasteiger partial charge on any atom is 0.407 e. The average molecular weight is 211 g/mol. The Balaban J connectivity index is 3.52. The zero-order chi connectivity index (χ0) is 10.3. The highest BCUT2D eigenvalue weighted by molar-refractivity contribution is 6.18. The average Bonchev–Trinajstić information content (AvgIpc) is 2.10. The lowest BCUT2D eigenvalue weighted by Crippen LogP contribution is -2.38. The molecule has 0 aliphatic rings. The number of halogens is 1. The van der Waals surface area contributed by atoms with Crippen molar-refractivity contribution in [2.75, 3.05) is 19.0 Å². The molecule has 0 aliphatic heterocycles. The molecule has 0 aromatic heterocycles. The van der Waals surface area contributed by atoms with Gasteiger partial charge in [-0.3, -0.25) is 4.79 Å².